The third-order valence-electron chi connectivity index (χ3n) is 7.15. The van der Waals surface area contributed by atoms with Crippen molar-refractivity contribution in [2.45, 2.75) is 174 Å². The van der Waals surface area contributed by atoms with Crippen LogP contribution in [0.2, 0.25) is 0 Å². The van der Waals surface area contributed by atoms with Crippen LogP contribution < -0.4 is 10.6 Å². The summed E-state index contributed by atoms with van der Waals surface area (Å²) in [4.78, 5) is 35.7. The largest absolute Gasteiger partial charge is 0.480 e. The Morgan fingerprint density at radius 2 is 0.838 bits per heavy atom. The average Bonchev–Trinajstić information content (AvgIpc) is 2.88. The van der Waals surface area contributed by atoms with E-state index in [-0.39, 0.29) is 18.4 Å². The Morgan fingerprint density at radius 1 is 0.514 bits per heavy atom. The molecule has 0 aromatic carbocycles. The molecule has 0 aromatic rings. The number of hydrogen-bond acceptors (Lipinski definition) is 3. The fourth-order valence-electron chi connectivity index (χ4n) is 4.67. The molecule has 218 valence electrons. The van der Waals surface area contributed by atoms with Crippen LogP contribution in [0.5, 0.6) is 0 Å². The molecule has 0 fully saturated rings. The molecule has 3 N–H and O–H groups in total. The lowest BCUT2D eigenvalue weighted by molar-refractivity contribution is -0.141. The molecule has 0 radical (unpaired) electrons. The normalized spacial score (nSPS) is 11.8. The molecular formula is C31H60N2O4. The first-order valence-electron chi connectivity index (χ1n) is 15.8. The summed E-state index contributed by atoms with van der Waals surface area (Å²) < 4.78 is 0. The van der Waals surface area contributed by atoms with E-state index in [9.17, 15) is 19.5 Å². The highest BCUT2D eigenvalue weighted by Gasteiger charge is 2.20. The summed E-state index contributed by atoms with van der Waals surface area (Å²) in [6.07, 6.45) is 27.6. The Hall–Kier alpha value is -1.59. The van der Waals surface area contributed by atoms with Crippen molar-refractivity contribution in [2.24, 2.45) is 0 Å². The van der Waals surface area contributed by atoms with Crippen molar-refractivity contribution in [1.82, 2.24) is 10.6 Å². The molecule has 0 unspecified atom stereocenters. The molecule has 6 heteroatoms. The van der Waals surface area contributed by atoms with Crippen LogP contribution >= 0.6 is 0 Å². The summed E-state index contributed by atoms with van der Waals surface area (Å²) in [5.41, 5.74) is 0. The number of amides is 2. The van der Waals surface area contributed by atoms with Crippen LogP contribution in [-0.4, -0.2) is 35.5 Å². The molecular weight excluding hydrogens is 464 g/mol. The van der Waals surface area contributed by atoms with Gasteiger partial charge in [0, 0.05) is 19.4 Å². The molecule has 0 saturated carbocycles. The van der Waals surface area contributed by atoms with Crippen molar-refractivity contribution in [3.8, 4) is 0 Å². The summed E-state index contributed by atoms with van der Waals surface area (Å²) in [5, 5.41) is 14.7. The second-order valence-corrected chi connectivity index (χ2v) is 10.8. The second-order valence-electron chi connectivity index (χ2n) is 10.8. The predicted octanol–water partition coefficient (Wildman–Crippen LogP) is 8.07. The maximum atomic E-state index is 12.2. The lowest BCUT2D eigenvalue weighted by atomic mass is 10.1. The fraction of sp³-hybridized carbons (Fsp3) is 0.903. The zero-order valence-electron chi connectivity index (χ0n) is 24.4. The molecule has 0 bridgehead atoms. The van der Waals surface area contributed by atoms with Gasteiger partial charge < -0.3 is 15.7 Å². The van der Waals surface area contributed by atoms with Gasteiger partial charge in [0.1, 0.15) is 6.04 Å². The number of nitrogens with one attached hydrogen (secondary N) is 2. The van der Waals surface area contributed by atoms with Gasteiger partial charge in [-0.15, -0.1) is 0 Å². The van der Waals surface area contributed by atoms with Gasteiger partial charge in [-0.05, 0) is 12.8 Å². The highest BCUT2D eigenvalue weighted by Crippen LogP contribution is 2.13. The summed E-state index contributed by atoms with van der Waals surface area (Å²) in [6.45, 7) is 4.42. The van der Waals surface area contributed by atoms with E-state index in [2.05, 4.69) is 24.5 Å². The third kappa shape index (κ3) is 25.8. The summed E-state index contributed by atoms with van der Waals surface area (Å²) >= 11 is 0. The fourth-order valence-corrected chi connectivity index (χ4v) is 4.67. The van der Waals surface area contributed by atoms with Crippen LogP contribution in [0.25, 0.3) is 0 Å². The minimum absolute atomic E-state index is 0.0593. The standard InChI is InChI=1S/C31H60N2O4/c1-3-5-7-9-11-13-15-17-19-21-23-25-29(34)32-27-28(31(36)37)33-30(35)26-24-22-20-18-16-14-12-10-8-6-4-2/h28H,3-27H2,1-2H3,(H,32,34)(H,33,35)(H,36,37)/t28-/m0/s1. The van der Waals surface area contributed by atoms with E-state index in [0.717, 1.165) is 38.5 Å². The van der Waals surface area contributed by atoms with Gasteiger partial charge in [0.25, 0.3) is 0 Å². The zero-order chi connectivity index (χ0) is 27.4. The molecule has 0 spiro atoms. The SMILES string of the molecule is CCCCCCCCCCCCCC(=O)NC[C@H](NC(=O)CCCCCCCCCCCCC)C(=O)O. The van der Waals surface area contributed by atoms with Crippen molar-refractivity contribution in [3.63, 3.8) is 0 Å². The Labute approximate surface area is 228 Å². The lowest BCUT2D eigenvalue weighted by Crippen LogP contribution is -2.48. The van der Waals surface area contributed by atoms with E-state index < -0.39 is 12.0 Å². The Kier molecular flexibility index (Phi) is 26.3. The third-order valence-corrected chi connectivity index (χ3v) is 7.15. The minimum Gasteiger partial charge on any atom is -0.480 e. The van der Waals surface area contributed by atoms with E-state index in [4.69, 9.17) is 0 Å². The van der Waals surface area contributed by atoms with E-state index in [1.54, 1.807) is 0 Å². The molecule has 0 aliphatic carbocycles. The van der Waals surface area contributed by atoms with Crippen molar-refractivity contribution in [2.75, 3.05) is 6.54 Å². The monoisotopic (exact) mass is 524 g/mol. The van der Waals surface area contributed by atoms with Gasteiger partial charge in [-0.3, -0.25) is 9.59 Å². The molecule has 37 heavy (non-hydrogen) atoms. The quantitative estimate of drug-likeness (QED) is 0.0901. The van der Waals surface area contributed by atoms with Gasteiger partial charge in [-0.25, -0.2) is 4.79 Å². The van der Waals surface area contributed by atoms with E-state index in [1.807, 2.05) is 0 Å². The maximum absolute atomic E-state index is 12.2. The van der Waals surface area contributed by atoms with Crippen LogP contribution in [0, 0.1) is 0 Å². The Bertz CT molecular complexity index is 553. The molecule has 0 aliphatic heterocycles. The predicted molar refractivity (Wildman–Crippen MR) is 155 cm³/mol. The van der Waals surface area contributed by atoms with Crippen molar-refractivity contribution in [3.05, 3.63) is 0 Å². The van der Waals surface area contributed by atoms with Crippen LogP contribution in [0.1, 0.15) is 168 Å². The first-order chi connectivity index (χ1) is 18.0. The molecule has 6 nitrogen and oxygen atoms in total. The highest BCUT2D eigenvalue weighted by atomic mass is 16.4. The van der Waals surface area contributed by atoms with Crippen LogP contribution in [0.15, 0.2) is 0 Å². The van der Waals surface area contributed by atoms with Crippen molar-refractivity contribution < 1.29 is 19.5 Å². The Morgan fingerprint density at radius 3 is 1.19 bits per heavy atom. The molecule has 0 heterocycles. The van der Waals surface area contributed by atoms with Gasteiger partial charge in [0.2, 0.25) is 11.8 Å². The number of carbonyl (C=O) groups is 3. The lowest BCUT2D eigenvalue weighted by Gasteiger charge is -2.15. The molecule has 0 aromatic heterocycles. The molecule has 0 aliphatic rings. The summed E-state index contributed by atoms with van der Waals surface area (Å²) in [6, 6.07) is -1.07. The first kappa shape index (κ1) is 35.4. The van der Waals surface area contributed by atoms with Crippen molar-refractivity contribution in [1.29, 1.82) is 0 Å². The first-order valence-corrected chi connectivity index (χ1v) is 15.8. The van der Waals surface area contributed by atoms with Gasteiger partial charge in [0.05, 0.1) is 0 Å². The number of rotatable bonds is 28. The van der Waals surface area contributed by atoms with E-state index in [1.165, 1.54) is 103 Å². The van der Waals surface area contributed by atoms with Crippen LogP contribution in [0.4, 0.5) is 0 Å². The average molecular weight is 525 g/mol. The Balaban J connectivity index is 3.71. The topological polar surface area (TPSA) is 95.5 Å². The van der Waals surface area contributed by atoms with Gasteiger partial charge in [-0.1, -0.05) is 142 Å². The molecule has 0 saturated heterocycles. The number of hydrogen-bond donors (Lipinski definition) is 3. The molecule has 2 amide bonds. The number of carboxylic acid groups (broad SMARTS) is 1. The molecule has 0 rings (SSSR count). The highest BCUT2D eigenvalue weighted by molar-refractivity contribution is 5.84. The van der Waals surface area contributed by atoms with Gasteiger partial charge in [-0.2, -0.15) is 0 Å². The van der Waals surface area contributed by atoms with E-state index >= 15 is 0 Å². The van der Waals surface area contributed by atoms with Crippen LogP contribution in [0.3, 0.4) is 0 Å². The summed E-state index contributed by atoms with van der Waals surface area (Å²) in [5.74, 6) is -1.49. The number of unbranched alkanes of at least 4 members (excludes halogenated alkanes) is 20. The van der Waals surface area contributed by atoms with Gasteiger partial charge in [0.15, 0.2) is 0 Å². The zero-order valence-corrected chi connectivity index (χ0v) is 24.4. The number of carbonyl (C=O) groups excluding carboxylic acids is 2. The number of aliphatic carboxylic acids is 1. The summed E-state index contributed by atoms with van der Waals surface area (Å²) in [7, 11) is 0. The smallest absolute Gasteiger partial charge is 0.328 e. The number of carboxylic acids is 1. The maximum Gasteiger partial charge on any atom is 0.328 e. The van der Waals surface area contributed by atoms with Gasteiger partial charge >= 0.3 is 5.97 Å². The van der Waals surface area contributed by atoms with Crippen molar-refractivity contribution >= 4 is 17.8 Å². The van der Waals surface area contributed by atoms with E-state index in [0.29, 0.717) is 12.8 Å². The second kappa shape index (κ2) is 27.4. The minimum atomic E-state index is -1.11. The van der Waals surface area contributed by atoms with Crippen LogP contribution in [-0.2, 0) is 14.4 Å². The molecule has 1 atom stereocenters.